The normalized spacial score (nSPS) is 15.6. The number of likely N-dealkylation sites (tertiary alicyclic amines) is 1. The third kappa shape index (κ3) is 7.29. The lowest BCUT2D eigenvalue weighted by atomic mass is 9.98. The predicted octanol–water partition coefficient (Wildman–Crippen LogP) is 2.59. The van der Waals surface area contributed by atoms with Crippen molar-refractivity contribution in [1.29, 1.82) is 0 Å². The third-order valence-electron chi connectivity index (χ3n) is 5.03. The van der Waals surface area contributed by atoms with Crippen molar-refractivity contribution in [2.45, 2.75) is 45.2 Å². The minimum Gasteiger partial charge on any atom is -0.355 e. The Morgan fingerprint density at radius 2 is 1.74 bits per heavy atom. The highest BCUT2D eigenvalue weighted by molar-refractivity contribution is 14.0. The van der Waals surface area contributed by atoms with Crippen molar-refractivity contribution in [2.24, 2.45) is 4.99 Å². The number of hydrogen-bond donors (Lipinski definition) is 3. The SMILES string of the molecule is CN=C(NCc1ccc(C(=O)NC)cc1)NCC(C)(C)N1CCCCC1.I. The lowest BCUT2D eigenvalue weighted by molar-refractivity contribution is 0.0963. The van der Waals surface area contributed by atoms with Crippen LogP contribution < -0.4 is 16.0 Å². The van der Waals surface area contributed by atoms with E-state index in [1.807, 2.05) is 24.3 Å². The van der Waals surface area contributed by atoms with Crippen molar-refractivity contribution in [3.8, 4) is 0 Å². The molecule has 0 radical (unpaired) electrons. The van der Waals surface area contributed by atoms with E-state index in [-0.39, 0.29) is 35.4 Å². The first-order valence-corrected chi connectivity index (χ1v) is 9.47. The quantitative estimate of drug-likeness (QED) is 0.328. The molecule has 0 spiro atoms. The van der Waals surface area contributed by atoms with Crippen molar-refractivity contribution in [1.82, 2.24) is 20.9 Å². The number of carbonyl (C=O) groups is 1. The molecule has 2 rings (SSSR count). The molecule has 1 aliphatic heterocycles. The summed E-state index contributed by atoms with van der Waals surface area (Å²) in [6.07, 6.45) is 3.94. The van der Waals surface area contributed by atoms with E-state index in [0.29, 0.717) is 12.1 Å². The summed E-state index contributed by atoms with van der Waals surface area (Å²) in [5, 5.41) is 9.42. The molecule has 1 aromatic carbocycles. The molecule has 1 aromatic rings. The summed E-state index contributed by atoms with van der Waals surface area (Å²) in [6, 6.07) is 7.60. The topological polar surface area (TPSA) is 68.8 Å². The van der Waals surface area contributed by atoms with Crippen molar-refractivity contribution in [2.75, 3.05) is 33.7 Å². The molecule has 0 aliphatic carbocycles. The van der Waals surface area contributed by atoms with Crippen molar-refractivity contribution in [3.63, 3.8) is 0 Å². The van der Waals surface area contributed by atoms with Gasteiger partial charge in [0.15, 0.2) is 5.96 Å². The zero-order valence-corrected chi connectivity index (χ0v) is 19.3. The Hall–Kier alpha value is -1.35. The van der Waals surface area contributed by atoms with Crippen LogP contribution in [0.1, 0.15) is 49.0 Å². The van der Waals surface area contributed by atoms with E-state index in [9.17, 15) is 4.79 Å². The molecular weight excluding hydrogens is 453 g/mol. The van der Waals surface area contributed by atoms with Crippen LogP contribution in [0, 0.1) is 0 Å². The summed E-state index contributed by atoms with van der Waals surface area (Å²) in [6.45, 7) is 8.45. The number of nitrogens with one attached hydrogen (secondary N) is 3. The Kier molecular flexibility index (Phi) is 10.1. The van der Waals surface area contributed by atoms with Gasteiger partial charge in [-0.05, 0) is 57.5 Å². The van der Waals surface area contributed by atoms with Gasteiger partial charge in [-0.25, -0.2) is 0 Å². The first kappa shape index (κ1) is 23.7. The van der Waals surface area contributed by atoms with Crippen LogP contribution in [0.15, 0.2) is 29.3 Å². The molecule has 3 N–H and O–H groups in total. The highest BCUT2D eigenvalue weighted by atomic mass is 127. The van der Waals surface area contributed by atoms with Crippen molar-refractivity contribution >= 4 is 35.8 Å². The van der Waals surface area contributed by atoms with Gasteiger partial charge in [0.2, 0.25) is 0 Å². The number of aliphatic imine (C=N–C) groups is 1. The number of guanidine groups is 1. The van der Waals surface area contributed by atoms with Gasteiger partial charge in [0, 0.05) is 38.3 Å². The van der Waals surface area contributed by atoms with Crippen LogP contribution in [0.25, 0.3) is 0 Å². The summed E-state index contributed by atoms with van der Waals surface area (Å²) >= 11 is 0. The number of hydrogen-bond acceptors (Lipinski definition) is 3. The Morgan fingerprint density at radius 3 is 2.30 bits per heavy atom. The van der Waals surface area contributed by atoms with Gasteiger partial charge in [-0.2, -0.15) is 0 Å². The van der Waals surface area contributed by atoms with Gasteiger partial charge >= 0.3 is 0 Å². The number of rotatable bonds is 6. The molecule has 1 fully saturated rings. The highest BCUT2D eigenvalue weighted by Gasteiger charge is 2.27. The Bertz CT molecular complexity index is 609. The molecule has 1 aliphatic rings. The molecule has 1 heterocycles. The monoisotopic (exact) mass is 487 g/mol. The molecular formula is C20H34IN5O. The van der Waals surface area contributed by atoms with E-state index in [2.05, 4.69) is 39.7 Å². The number of piperidine rings is 1. The van der Waals surface area contributed by atoms with E-state index < -0.39 is 0 Å². The number of nitrogens with zero attached hydrogens (tertiary/aromatic N) is 2. The minimum atomic E-state index is -0.0677. The average Bonchev–Trinajstić information content (AvgIpc) is 2.68. The largest absolute Gasteiger partial charge is 0.355 e. The second kappa shape index (κ2) is 11.5. The maximum Gasteiger partial charge on any atom is 0.251 e. The lowest BCUT2D eigenvalue weighted by Gasteiger charge is -2.41. The first-order chi connectivity index (χ1) is 12.5. The lowest BCUT2D eigenvalue weighted by Crippen LogP contribution is -2.54. The van der Waals surface area contributed by atoms with Gasteiger partial charge in [-0.1, -0.05) is 18.6 Å². The van der Waals surface area contributed by atoms with Crippen LogP contribution in [0.4, 0.5) is 0 Å². The fraction of sp³-hybridized carbons (Fsp3) is 0.600. The minimum absolute atomic E-state index is 0. The Balaban J connectivity index is 0.00000364. The number of amides is 1. The molecule has 0 unspecified atom stereocenters. The van der Waals surface area contributed by atoms with Crippen LogP contribution in [-0.2, 0) is 6.54 Å². The molecule has 7 heteroatoms. The maximum absolute atomic E-state index is 11.6. The van der Waals surface area contributed by atoms with E-state index >= 15 is 0 Å². The van der Waals surface area contributed by atoms with Crippen LogP contribution in [-0.4, -0.2) is 56.0 Å². The van der Waals surface area contributed by atoms with Crippen LogP contribution in [0.3, 0.4) is 0 Å². The van der Waals surface area contributed by atoms with Gasteiger partial charge < -0.3 is 16.0 Å². The third-order valence-corrected chi connectivity index (χ3v) is 5.03. The van der Waals surface area contributed by atoms with Crippen molar-refractivity contribution < 1.29 is 4.79 Å². The van der Waals surface area contributed by atoms with E-state index in [0.717, 1.165) is 18.1 Å². The van der Waals surface area contributed by atoms with E-state index in [4.69, 9.17) is 0 Å². The zero-order valence-electron chi connectivity index (χ0n) is 17.0. The van der Waals surface area contributed by atoms with Gasteiger partial charge in [-0.3, -0.25) is 14.7 Å². The average molecular weight is 487 g/mol. The van der Waals surface area contributed by atoms with Gasteiger partial charge in [0.25, 0.3) is 5.91 Å². The fourth-order valence-electron chi connectivity index (χ4n) is 3.24. The van der Waals surface area contributed by atoms with Crippen LogP contribution in [0.5, 0.6) is 0 Å². The fourth-order valence-corrected chi connectivity index (χ4v) is 3.24. The molecule has 0 atom stereocenters. The zero-order chi connectivity index (χ0) is 19.0. The van der Waals surface area contributed by atoms with Crippen LogP contribution in [0.2, 0.25) is 0 Å². The predicted molar refractivity (Wildman–Crippen MR) is 123 cm³/mol. The van der Waals surface area contributed by atoms with E-state index in [1.165, 1.54) is 32.4 Å². The molecule has 0 aromatic heterocycles. The molecule has 6 nitrogen and oxygen atoms in total. The highest BCUT2D eigenvalue weighted by Crippen LogP contribution is 2.19. The second-order valence-electron chi connectivity index (χ2n) is 7.42. The number of carbonyl (C=O) groups excluding carboxylic acids is 1. The molecule has 27 heavy (non-hydrogen) atoms. The molecule has 0 saturated carbocycles. The molecule has 1 saturated heterocycles. The Morgan fingerprint density at radius 1 is 1.11 bits per heavy atom. The van der Waals surface area contributed by atoms with Crippen molar-refractivity contribution in [3.05, 3.63) is 35.4 Å². The first-order valence-electron chi connectivity index (χ1n) is 9.47. The molecule has 1 amide bonds. The summed E-state index contributed by atoms with van der Waals surface area (Å²) < 4.78 is 0. The maximum atomic E-state index is 11.6. The van der Waals surface area contributed by atoms with Gasteiger partial charge in [0.1, 0.15) is 0 Å². The summed E-state index contributed by atoms with van der Waals surface area (Å²) in [5.74, 6) is 0.729. The standard InChI is InChI=1S/C20H33N5O.HI/c1-20(2,25-12-6-5-7-13-25)15-24-19(22-4)23-14-16-8-10-17(11-9-16)18(26)21-3;/h8-11H,5-7,12-15H2,1-4H3,(H,21,26)(H2,22,23,24);1H. The van der Waals surface area contributed by atoms with Gasteiger partial charge in [-0.15, -0.1) is 24.0 Å². The van der Waals surface area contributed by atoms with Gasteiger partial charge in [0.05, 0.1) is 0 Å². The van der Waals surface area contributed by atoms with E-state index in [1.54, 1.807) is 14.1 Å². The summed E-state index contributed by atoms with van der Waals surface area (Å²) in [5.41, 5.74) is 1.88. The second-order valence-corrected chi connectivity index (χ2v) is 7.42. The number of halogens is 1. The molecule has 152 valence electrons. The van der Waals surface area contributed by atoms with Crippen LogP contribution >= 0.6 is 24.0 Å². The smallest absolute Gasteiger partial charge is 0.251 e. The summed E-state index contributed by atoms with van der Waals surface area (Å²) in [7, 11) is 3.43. The Labute approximate surface area is 180 Å². The molecule has 0 bridgehead atoms. The number of benzene rings is 1. The summed E-state index contributed by atoms with van der Waals surface area (Å²) in [4.78, 5) is 18.5.